The average molecular weight is 270 g/mol. The van der Waals surface area contributed by atoms with Gasteiger partial charge in [0.2, 0.25) is 0 Å². The van der Waals surface area contributed by atoms with Crippen molar-refractivity contribution in [1.29, 1.82) is 0 Å². The van der Waals surface area contributed by atoms with E-state index in [1.54, 1.807) is 20.8 Å². The largest absolute Gasteiger partial charge is 0.478 e. The summed E-state index contributed by atoms with van der Waals surface area (Å²) in [7, 11) is 0. The van der Waals surface area contributed by atoms with Gasteiger partial charge in [-0.25, -0.2) is 9.59 Å². The Morgan fingerprint density at radius 1 is 1.16 bits per heavy atom. The predicted octanol–water partition coefficient (Wildman–Crippen LogP) is 1.50. The van der Waals surface area contributed by atoms with Crippen LogP contribution in [0.25, 0.3) is 0 Å². The van der Waals surface area contributed by atoms with E-state index in [1.807, 2.05) is 4.90 Å². The minimum Gasteiger partial charge on any atom is -0.478 e. The number of nitrogens with zero attached hydrogens (tertiary/aromatic N) is 2. The molecule has 0 radical (unpaired) electrons. The van der Waals surface area contributed by atoms with Crippen molar-refractivity contribution in [3.63, 3.8) is 0 Å². The molecule has 2 saturated heterocycles. The molecule has 1 N–H and O–H groups in total. The van der Waals surface area contributed by atoms with Gasteiger partial charge < -0.3 is 9.84 Å². The van der Waals surface area contributed by atoms with Crippen LogP contribution in [0.1, 0.15) is 40.0 Å². The van der Waals surface area contributed by atoms with Crippen molar-refractivity contribution in [3.8, 4) is 0 Å². The van der Waals surface area contributed by atoms with E-state index in [0.717, 1.165) is 19.5 Å². The van der Waals surface area contributed by atoms with Crippen LogP contribution in [-0.2, 0) is 9.53 Å². The molecule has 108 valence electrons. The molecule has 0 aliphatic carbocycles. The number of ether oxygens (including phenoxy) is 1. The number of aliphatic carboxylic acids is 1. The second kappa shape index (κ2) is 4.67. The fourth-order valence-corrected chi connectivity index (χ4v) is 2.74. The fraction of sp³-hybridized carbons (Fsp3) is 0.846. The van der Waals surface area contributed by atoms with E-state index in [0.29, 0.717) is 19.4 Å². The zero-order valence-corrected chi connectivity index (χ0v) is 11.8. The first-order valence-corrected chi connectivity index (χ1v) is 6.76. The van der Waals surface area contributed by atoms with E-state index in [-0.39, 0.29) is 0 Å². The van der Waals surface area contributed by atoms with Crippen LogP contribution in [0.4, 0.5) is 4.79 Å². The number of amides is 1. The number of carboxylic acid groups (broad SMARTS) is 1. The van der Waals surface area contributed by atoms with Crippen LogP contribution in [0.3, 0.4) is 0 Å². The average Bonchev–Trinajstić information content (AvgIpc) is 2.57. The molecule has 2 heterocycles. The molecule has 1 amide bonds. The number of hydrogen-bond acceptors (Lipinski definition) is 4. The van der Waals surface area contributed by atoms with Gasteiger partial charge in [0.25, 0.3) is 0 Å². The lowest BCUT2D eigenvalue weighted by atomic mass is 10.0. The molecule has 0 aromatic carbocycles. The van der Waals surface area contributed by atoms with Gasteiger partial charge in [-0.05, 0) is 40.0 Å². The van der Waals surface area contributed by atoms with Crippen LogP contribution in [0.15, 0.2) is 0 Å². The summed E-state index contributed by atoms with van der Waals surface area (Å²) >= 11 is 0. The molecule has 2 rings (SSSR count). The first-order valence-electron chi connectivity index (χ1n) is 6.76. The molecule has 0 aromatic heterocycles. The second-order valence-electron chi connectivity index (χ2n) is 6.20. The Morgan fingerprint density at radius 2 is 1.79 bits per heavy atom. The maximum Gasteiger partial charge on any atom is 0.412 e. The number of carbonyl (C=O) groups excluding carboxylic acids is 1. The number of likely N-dealkylation sites (tertiary alicyclic amines) is 2. The van der Waals surface area contributed by atoms with E-state index >= 15 is 0 Å². The van der Waals surface area contributed by atoms with Gasteiger partial charge in [0.1, 0.15) is 5.60 Å². The third kappa shape index (κ3) is 2.41. The van der Waals surface area contributed by atoms with Gasteiger partial charge in [-0.1, -0.05) is 0 Å². The van der Waals surface area contributed by atoms with Crippen LogP contribution >= 0.6 is 0 Å². The highest BCUT2D eigenvalue weighted by Crippen LogP contribution is 2.37. The van der Waals surface area contributed by atoms with Crippen LogP contribution < -0.4 is 0 Å². The molecule has 2 aliphatic heterocycles. The minimum absolute atomic E-state index is 0.442. The van der Waals surface area contributed by atoms with Gasteiger partial charge in [0.05, 0.1) is 0 Å². The molecular weight excluding hydrogens is 248 g/mol. The molecule has 6 heteroatoms. The van der Waals surface area contributed by atoms with E-state index < -0.39 is 23.3 Å². The highest BCUT2D eigenvalue weighted by Gasteiger charge is 2.56. The minimum atomic E-state index is -1.19. The van der Waals surface area contributed by atoms with Gasteiger partial charge in [-0.15, -0.1) is 0 Å². The quantitative estimate of drug-likeness (QED) is 0.823. The zero-order valence-electron chi connectivity index (χ0n) is 11.8. The molecule has 0 aromatic rings. The number of carboxylic acids is 1. The van der Waals surface area contributed by atoms with Crippen molar-refractivity contribution in [2.75, 3.05) is 19.6 Å². The van der Waals surface area contributed by atoms with Crippen LogP contribution in [0, 0.1) is 0 Å². The van der Waals surface area contributed by atoms with E-state index in [2.05, 4.69) is 0 Å². The highest BCUT2D eigenvalue weighted by atomic mass is 16.6. The van der Waals surface area contributed by atoms with Gasteiger partial charge in [0, 0.05) is 19.6 Å². The fourth-order valence-electron chi connectivity index (χ4n) is 2.74. The molecule has 0 spiro atoms. The van der Waals surface area contributed by atoms with Gasteiger partial charge in [0.15, 0.2) is 5.66 Å². The molecule has 19 heavy (non-hydrogen) atoms. The maximum atomic E-state index is 12.2. The zero-order chi connectivity index (χ0) is 14.3. The van der Waals surface area contributed by atoms with E-state index in [4.69, 9.17) is 4.74 Å². The predicted molar refractivity (Wildman–Crippen MR) is 68.7 cm³/mol. The van der Waals surface area contributed by atoms with Crippen molar-refractivity contribution in [1.82, 2.24) is 9.80 Å². The Balaban J connectivity index is 2.22. The van der Waals surface area contributed by atoms with Crippen LogP contribution in [-0.4, -0.2) is 57.9 Å². The van der Waals surface area contributed by atoms with Crippen LogP contribution in [0.5, 0.6) is 0 Å². The van der Waals surface area contributed by atoms with Crippen molar-refractivity contribution in [2.45, 2.75) is 51.3 Å². The number of rotatable bonds is 2. The van der Waals surface area contributed by atoms with Gasteiger partial charge in [-0.3, -0.25) is 9.80 Å². The Kier molecular flexibility index (Phi) is 3.47. The monoisotopic (exact) mass is 270 g/mol. The summed E-state index contributed by atoms with van der Waals surface area (Å²) in [6, 6.07) is 0. The normalized spacial score (nSPS) is 28.1. The molecule has 1 atom stereocenters. The molecule has 2 fully saturated rings. The van der Waals surface area contributed by atoms with Gasteiger partial charge >= 0.3 is 12.1 Å². The standard InChI is InChI=1S/C13H22N2O4/c1-12(2,3)19-11(18)15-9-4-6-13(15,10(16)17)14-7-5-8-14/h4-9H2,1-3H3,(H,16,17). The summed E-state index contributed by atoms with van der Waals surface area (Å²) < 4.78 is 5.34. The van der Waals surface area contributed by atoms with Gasteiger partial charge in [-0.2, -0.15) is 0 Å². The molecule has 2 aliphatic rings. The topological polar surface area (TPSA) is 70.1 Å². The molecule has 1 unspecified atom stereocenters. The SMILES string of the molecule is CC(C)(C)OC(=O)N1CCCC1(C(=O)O)N1CCC1. The number of hydrogen-bond donors (Lipinski definition) is 1. The summed E-state index contributed by atoms with van der Waals surface area (Å²) in [5.74, 6) is -0.949. The summed E-state index contributed by atoms with van der Waals surface area (Å²) in [6.45, 7) is 7.25. The molecular formula is C13H22N2O4. The smallest absolute Gasteiger partial charge is 0.412 e. The Morgan fingerprint density at radius 3 is 2.21 bits per heavy atom. The summed E-state index contributed by atoms with van der Waals surface area (Å²) in [4.78, 5) is 27.2. The molecule has 0 bridgehead atoms. The first-order chi connectivity index (χ1) is 8.77. The Labute approximate surface area is 113 Å². The third-order valence-electron chi connectivity index (χ3n) is 3.69. The Hall–Kier alpha value is -1.30. The molecule has 0 saturated carbocycles. The lowest BCUT2D eigenvalue weighted by Gasteiger charge is -2.47. The van der Waals surface area contributed by atoms with Crippen LogP contribution in [0.2, 0.25) is 0 Å². The maximum absolute atomic E-state index is 12.2. The van der Waals surface area contributed by atoms with Crippen molar-refractivity contribution >= 4 is 12.1 Å². The summed E-state index contributed by atoms with van der Waals surface area (Å²) in [5, 5.41) is 9.63. The first kappa shape index (κ1) is 14.1. The lowest BCUT2D eigenvalue weighted by Crippen LogP contribution is -2.67. The van der Waals surface area contributed by atoms with Crippen molar-refractivity contribution in [3.05, 3.63) is 0 Å². The third-order valence-corrected chi connectivity index (χ3v) is 3.69. The molecule has 6 nitrogen and oxygen atoms in total. The van der Waals surface area contributed by atoms with E-state index in [9.17, 15) is 14.7 Å². The number of carbonyl (C=O) groups is 2. The Bertz CT molecular complexity index is 387. The van der Waals surface area contributed by atoms with Crippen molar-refractivity contribution in [2.24, 2.45) is 0 Å². The second-order valence-corrected chi connectivity index (χ2v) is 6.20. The summed E-state index contributed by atoms with van der Waals surface area (Å²) in [6.07, 6.45) is 1.63. The summed E-state index contributed by atoms with van der Waals surface area (Å²) in [5.41, 5.74) is -1.81. The highest BCUT2D eigenvalue weighted by molar-refractivity contribution is 5.85. The van der Waals surface area contributed by atoms with Crippen molar-refractivity contribution < 1.29 is 19.4 Å². The van der Waals surface area contributed by atoms with E-state index in [1.165, 1.54) is 4.90 Å². The lowest BCUT2D eigenvalue weighted by molar-refractivity contribution is -0.168.